The summed E-state index contributed by atoms with van der Waals surface area (Å²) in [7, 11) is 0. The van der Waals surface area contributed by atoms with Crippen LogP contribution in [-0.2, 0) is 14.3 Å². The summed E-state index contributed by atoms with van der Waals surface area (Å²) in [6, 6.07) is 6.86. The zero-order chi connectivity index (χ0) is 19.8. The van der Waals surface area contributed by atoms with Gasteiger partial charge in [-0.05, 0) is 64.3 Å². The van der Waals surface area contributed by atoms with Gasteiger partial charge in [-0.3, -0.25) is 19.9 Å². The van der Waals surface area contributed by atoms with E-state index in [-0.39, 0.29) is 23.8 Å². The van der Waals surface area contributed by atoms with Crippen molar-refractivity contribution in [2.75, 3.05) is 25.0 Å². The molecule has 0 bridgehead atoms. The van der Waals surface area contributed by atoms with Gasteiger partial charge in [0.1, 0.15) is 11.9 Å². The minimum absolute atomic E-state index is 0.0611. The Kier molecular flexibility index (Phi) is 7.79. The highest BCUT2D eigenvalue weighted by Crippen LogP contribution is 2.24. The van der Waals surface area contributed by atoms with Crippen LogP contribution in [0, 0.1) is 11.3 Å². The second-order valence-corrected chi connectivity index (χ2v) is 6.95. The number of ether oxygens (including phenoxy) is 1. The minimum atomic E-state index is -0.211. The van der Waals surface area contributed by atoms with Crippen LogP contribution in [-0.4, -0.2) is 48.4 Å². The molecule has 0 saturated carbocycles. The first kappa shape index (κ1) is 20.9. The lowest BCUT2D eigenvalue weighted by Gasteiger charge is -2.34. The average Bonchev–Trinajstić information content (AvgIpc) is 2.66. The van der Waals surface area contributed by atoms with E-state index in [2.05, 4.69) is 10.2 Å². The van der Waals surface area contributed by atoms with Crippen molar-refractivity contribution in [2.24, 2.45) is 11.7 Å². The molecule has 1 amide bonds. The third kappa shape index (κ3) is 6.06. The number of amidine groups is 1. The van der Waals surface area contributed by atoms with Crippen LogP contribution in [0.25, 0.3) is 0 Å². The lowest BCUT2D eigenvalue weighted by molar-refractivity contribution is -0.149. The number of nitrogens with two attached hydrogens (primary N) is 1. The number of benzene rings is 1. The van der Waals surface area contributed by atoms with Gasteiger partial charge in [0, 0.05) is 12.0 Å². The molecule has 148 valence electrons. The summed E-state index contributed by atoms with van der Waals surface area (Å²) in [6.45, 7) is 5.80. The van der Waals surface area contributed by atoms with Crippen LogP contribution in [0.5, 0.6) is 0 Å². The van der Waals surface area contributed by atoms with Gasteiger partial charge in [0.25, 0.3) is 0 Å². The normalized spacial score (nSPS) is 16.5. The maximum absolute atomic E-state index is 12.3. The Morgan fingerprint density at radius 2 is 2.00 bits per heavy atom. The molecule has 1 aliphatic heterocycles. The van der Waals surface area contributed by atoms with Gasteiger partial charge in [0.15, 0.2) is 0 Å². The van der Waals surface area contributed by atoms with E-state index in [4.69, 9.17) is 15.9 Å². The number of nitrogens with one attached hydrogen (secondary N) is 2. The van der Waals surface area contributed by atoms with E-state index >= 15 is 0 Å². The Morgan fingerprint density at radius 1 is 1.33 bits per heavy atom. The zero-order valence-electron chi connectivity index (χ0n) is 16.2. The van der Waals surface area contributed by atoms with E-state index in [0.717, 1.165) is 32.4 Å². The van der Waals surface area contributed by atoms with Crippen LogP contribution in [0.2, 0.25) is 0 Å². The van der Waals surface area contributed by atoms with E-state index in [9.17, 15) is 9.59 Å². The number of carbonyl (C=O) groups excluding carboxylic acids is 2. The molecule has 1 unspecified atom stereocenters. The quantitative estimate of drug-likeness (QED) is 0.368. The summed E-state index contributed by atoms with van der Waals surface area (Å²) in [4.78, 5) is 26.3. The van der Waals surface area contributed by atoms with Gasteiger partial charge in [0.05, 0.1) is 12.3 Å². The number of piperidine rings is 1. The number of rotatable bonds is 8. The molecule has 0 aromatic heterocycles. The van der Waals surface area contributed by atoms with E-state index in [1.807, 2.05) is 19.9 Å². The molecule has 1 atom stereocenters. The molecular weight excluding hydrogens is 344 g/mol. The summed E-state index contributed by atoms with van der Waals surface area (Å²) in [5.41, 5.74) is 6.66. The molecular formula is C20H30N4O3. The maximum atomic E-state index is 12.3. The molecule has 1 aromatic carbocycles. The molecule has 0 spiro atoms. The Morgan fingerprint density at radius 3 is 2.63 bits per heavy atom. The Hall–Kier alpha value is -2.41. The third-order valence-electron chi connectivity index (χ3n) is 5.10. The highest BCUT2D eigenvalue weighted by atomic mass is 16.5. The number of hydrogen-bond donors (Lipinski definition) is 3. The first-order valence-corrected chi connectivity index (χ1v) is 9.56. The number of nitrogen functional groups attached to an aromatic ring is 1. The Labute approximate surface area is 160 Å². The standard InChI is InChI=1S/C20H30N4O3/c1-3-27-20(26)14(2)24-12-10-15(11-13-24)8-9-18(25)23-17-7-5-4-6-16(17)19(21)22/h4-7,14-15H,3,8-13H2,1-2H3,(H3,21,22)(H,23,25). The molecule has 7 nitrogen and oxygen atoms in total. The fourth-order valence-corrected chi connectivity index (χ4v) is 3.42. The minimum Gasteiger partial charge on any atom is -0.465 e. The summed E-state index contributed by atoms with van der Waals surface area (Å²) < 4.78 is 5.09. The summed E-state index contributed by atoms with van der Waals surface area (Å²) in [5, 5.41) is 10.4. The summed E-state index contributed by atoms with van der Waals surface area (Å²) >= 11 is 0. The van der Waals surface area contributed by atoms with Crippen molar-refractivity contribution in [1.29, 1.82) is 5.41 Å². The van der Waals surface area contributed by atoms with Crippen molar-refractivity contribution < 1.29 is 14.3 Å². The molecule has 2 rings (SSSR count). The lowest BCUT2D eigenvalue weighted by atomic mass is 9.91. The molecule has 1 heterocycles. The van der Waals surface area contributed by atoms with Crippen molar-refractivity contribution in [1.82, 2.24) is 4.90 Å². The van der Waals surface area contributed by atoms with E-state index in [1.165, 1.54) is 0 Å². The van der Waals surface area contributed by atoms with E-state index < -0.39 is 0 Å². The summed E-state index contributed by atoms with van der Waals surface area (Å²) in [5.74, 6) is 0.184. The number of anilines is 1. The van der Waals surface area contributed by atoms with Gasteiger partial charge in [0.2, 0.25) is 5.91 Å². The van der Waals surface area contributed by atoms with Crippen molar-refractivity contribution in [3.05, 3.63) is 29.8 Å². The Bertz CT molecular complexity index is 669. The number of likely N-dealkylation sites (tertiary alicyclic amines) is 1. The first-order valence-electron chi connectivity index (χ1n) is 9.56. The van der Waals surface area contributed by atoms with Crippen LogP contribution in [0.1, 0.15) is 45.1 Å². The van der Waals surface area contributed by atoms with Crippen LogP contribution < -0.4 is 11.1 Å². The number of amides is 1. The van der Waals surface area contributed by atoms with Crippen LogP contribution in [0.4, 0.5) is 5.69 Å². The highest BCUT2D eigenvalue weighted by molar-refractivity contribution is 6.04. The van der Waals surface area contributed by atoms with E-state index in [1.54, 1.807) is 18.2 Å². The summed E-state index contributed by atoms with van der Waals surface area (Å²) in [6.07, 6.45) is 3.20. The fourth-order valence-electron chi connectivity index (χ4n) is 3.42. The molecule has 7 heteroatoms. The second kappa shape index (κ2) is 10.1. The fraction of sp³-hybridized carbons (Fsp3) is 0.550. The number of esters is 1. The topological polar surface area (TPSA) is 109 Å². The van der Waals surface area contributed by atoms with Gasteiger partial charge in [-0.15, -0.1) is 0 Å². The highest BCUT2D eigenvalue weighted by Gasteiger charge is 2.27. The van der Waals surface area contributed by atoms with Crippen LogP contribution in [0.3, 0.4) is 0 Å². The molecule has 4 N–H and O–H groups in total. The number of hydrogen-bond acceptors (Lipinski definition) is 5. The SMILES string of the molecule is CCOC(=O)C(C)N1CCC(CCC(=O)Nc2ccccc2C(=N)N)CC1. The van der Waals surface area contributed by atoms with Crippen molar-refractivity contribution >= 4 is 23.4 Å². The van der Waals surface area contributed by atoms with Crippen molar-refractivity contribution in [3.8, 4) is 0 Å². The molecule has 27 heavy (non-hydrogen) atoms. The van der Waals surface area contributed by atoms with Crippen LogP contribution >= 0.6 is 0 Å². The van der Waals surface area contributed by atoms with Gasteiger partial charge in [-0.2, -0.15) is 0 Å². The van der Waals surface area contributed by atoms with Crippen molar-refractivity contribution in [2.45, 2.75) is 45.6 Å². The van der Waals surface area contributed by atoms with Gasteiger partial charge in [-0.1, -0.05) is 12.1 Å². The number of carbonyl (C=O) groups is 2. The zero-order valence-corrected chi connectivity index (χ0v) is 16.2. The van der Waals surface area contributed by atoms with Crippen molar-refractivity contribution in [3.63, 3.8) is 0 Å². The Balaban J connectivity index is 1.76. The monoisotopic (exact) mass is 374 g/mol. The molecule has 1 aromatic rings. The molecule has 1 fully saturated rings. The number of nitrogens with zero attached hydrogens (tertiary/aromatic N) is 1. The lowest BCUT2D eigenvalue weighted by Crippen LogP contribution is -2.44. The smallest absolute Gasteiger partial charge is 0.323 e. The third-order valence-corrected chi connectivity index (χ3v) is 5.10. The molecule has 1 aliphatic rings. The molecule has 1 saturated heterocycles. The molecule has 0 radical (unpaired) electrons. The maximum Gasteiger partial charge on any atom is 0.323 e. The molecule has 0 aliphatic carbocycles. The number of para-hydroxylation sites is 1. The van der Waals surface area contributed by atoms with Gasteiger partial charge < -0.3 is 15.8 Å². The largest absolute Gasteiger partial charge is 0.465 e. The second-order valence-electron chi connectivity index (χ2n) is 6.95. The van der Waals surface area contributed by atoms with E-state index in [0.29, 0.717) is 30.2 Å². The predicted octanol–water partition coefficient (Wildman–Crippen LogP) is 2.35. The van der Waals surface area contributed by atoms with Gasteiger partial charge >= 0.3 is 5.97 Å². The first-order chi connectivity index (χ1) is 12.9. The average molecular weight is 374 g/mol. The van der Waals surface area contributed by atoms with Gasteiger partial charge in [-0.25, -0.2) is 0 Å². The van der Waals surface area contributed by atoms with Crippen LogP contribution in [0.15, 0.2) is 24.3 Å². The predicted molar refractivity (Wildman–Crippen MR) is 106 cm³/mol.